The van der Waals surface area contributed by atoms with E-state index in [-0.39, 0.29) is 11.8 Å². The van der Waals surface area contributed by atoms with Gasteiger partial charge in [-0.1, -0.05) is 19.1 Å². The summed E-state index contributed by atoms with van der Waals surface area (Å²) in [6.45, 7) is 4.42. The fourth-order valence-corrected chi connectivity index (χ4v) is 3.76. The van der Waals surface area contributed by atoms with Gasteiger partial charge in [-0.15, -0.1) is 4.57 Å². The Bertz CT molecular complexity index is 677. The molecule has 1 aliphatic rings. The summed E-state index contributed by atoms with van der Waals surface area (Å²) in [4.78, 5) is 26.6. The van der Waals surface area contributed by atoms with Gasteiger partial charge in [0.1, 0.15) is 0 Å². The van der Waals surface area contributed by atoms with E-state index >= 15 is 0 Å². The van der Waals surface area contributed by atoms with E-state index in [1.54, 1.807) is 9.47 Å². The summed E-state index contributed by atoms with van der Waals surface area (Å²) in [5.74, 6) is -0.707. The van der Waals surface area contributed by atoms with Gasteiger partial charge < -0.3 is 0 Å². The van der Waals surface area contributed by atoms with E-state index in [9.17, 15) is 9.59 Å². The fourth-order valence-electron chi connectivity index (χ4n) is 2.55. The average Bonchev–Trinajstić information content (AvgIpc) is 2.79. The molecule has 1 amide bonds. The molecule has 1 aromatic heterocycles. The topological polar surface area (TPSA) is 41.3 Å². The van der Waals surface area contributed by atoms with E-state index in [4.69, 9.17) is 0 Å². The lowest BCUT2D eigenvalue weighted by Crippen LogP contribution is -2.60. The van der Waals surface area contributed by atoms with Crippen molar-refractivity contribution in [1.29, 1.82) is 0 Å². The molecule has 4 nitrogen and oxygen atoms in total. The first-order valence-corrected chi connectivity index (χ1v) is 7.29. The molecular formula is C14H15N2O2S+. The van der Waals surface area contributed by atoms with Gasteiger partial charge in [0, 0.05) is 0 Å². The van der Waals surface area contributed by atoms with Crippen LogP contribution in [-0.4, -0.2) is 18.4 Å². The number of aromatic nitrogens is 1. The van der Waals surface area contributed by atoms with E-state index in [1.165, 1.54) is 11.3 Å². The summed E-state index contributed by atoms with van der Waals surface area (Å²) in [5.41, 5.74) is 0.900. The van der Waals surface area contributed by atoms with Gasteiger partial charge in [0.2, 0.25) is 0 Å². The van der Waals surface area contributed by atoms with Crippen molar-refractivity contribution in [3.05, 3.63) is 24.3 Å². The maximum Gasteiger partial charge on any atom is 0.352 e. The summed E-state index contributed by atoms with van der Waals surface area (Å²) >= 11 is 1.50. The van der Waals surface area contributed by atoms with Gasteiger partial charge in [-0.2, -0.15) is 4.90 Å². The van der Waals surface area contributed by atoms with Crippen LogP contribution in [0.1, 0.15) is 25.1 Å². The van der Waals surface area contributed by atoms with Crippen molar-refractivity contribution >= 4 is 38.5 Å². The van der Waals surface area contributed by atoms with Crippen LogP contribution in [0.3, 0.4) is 0 Å². The lowest BCUT2D eigenvalue weighted by molar-refractivity contribution is -0.533. The number of carbonyl (C=O) groups is 2. The minimum absolute atomic E-state index is 0.0680. The number of benzene rings is 1. The number of rotatable bonds is 2. The monoisotopic (exact) mass is 275 g/mol. The van der Waals surface area contributed by atoms with Crippen LogP contribution in [0, 0.1) is 5.92 Å². The molecule has 2 heterocycles. The molecule has 3 rings (SSSR count). The van der Waals surface area contributed by atoms with Crippen molar-refractivity contribution in [2.24, 2.45) is 5.92 Å². The second-order valence-electron chi connectivity index (χ2n) is 4.57. The van der Waals surface area contributed by atoms with Crippen LogP contribution in [-0.2, 0) is 4.79 Å². The number of para-hydroxylation sites is 1. The smallest absolute Gasteiger partial charge is 0.246 e. The molecule has 0 radical (unpaired) electrons. The van der Waals surface area contributed by atoms with Gasteiger partial charge in [-0.25, -0.2) is 9.59 Å². The van der Waals surface area contributed by atoms with Gasteiger partial charge in [0.05, 0.1) is 11.2 Å². The zero-order chi connectivity index (χ0) is 13.6. The maximum atomic E-state index is 12.5. The van der Waals surface area contributed by atoms with Crippen LogP contribution in [0.2, 0.25) is 0 Å². The maximum absolute atomic E-state index is 12.5. The average molecular weight is 275 g/mol. The number of carbonyl (C=O) groups excluding carboxylic acids is 2. The van der Waals surface area contributed by atoms with Gasteiger partial charge in [0.15, 0.2) is 11.4 Å². The highest BCUT2D eigenvalue weighted by Crippen LogP contribution is 2.31. The number of hydrogen-bond acceptors (Lipinski definition) is 3. The molecule has 0 saturated heterocycles. The number of nitrogens with zero attached hydrogens (tertiary/aromatic N) is 2. The minimum Gasteiger partial charge on any atom is -0.246 e. The highest BCUT2D eigenvalue weighted by Gasteiger charge is 2.47. The number of amides is 1. The summed E-state index contributed by atoms with van der Waals surface area (Å²) in [5, 5.41) is 0.739. The highest BCUT2D eigenvalue weighted by molar-refractivity contribution is 7.21. The van der Waals surface area contributed by atoms with Crippen molar-refractivity contribution < 1.29 is 14.2 Å². The molecule has 1 unspecified atom stereocenters. The summed E-state index contributed by atoms with van der Waals surface area (Å²) in [6.07, 6.45) is 0.546. The Labute approximate surface area is 115 Å². The predicted molar refractivity (Wildman–Crippen MR) is 74.5 cm³/mol. The minimum atomic E-state index is -0.546. The Morgan fingerprint density at radius 1 is 1.26 bits per heavy atom. The summed E-state index contributed by atoms with van der Waals surface area (Å²) in [6, 6.07) is 7.79. The Morgan fingerprint density at radius 3 is 2.68 bits per heavy atom. The Hall–Kier alpha value is -1.75. The number of anilines is 1. The molecule has 1 aromatic carbocycles. The zero-order valence-corrected chi connectivity index (χ0v) is 11.7. The predicted octanol–water partition coefficient (Wildman–Crippen LogP) is 2.22. The Morgan fingerprint density at radius 2 is 2.00 bits per heavy atom. The molecule has 0 bridgehead atoms. The van der Waals surface area contributed by atoms with Crippen molar-refractivity contribution in [1.82, 2.24) is 0 Å². The lowest BCUT2D eigenvalue weighted by atomic mass is 10.0. The van der Waals surface area contributed by atoms with Crippen LogP contribution in [0.5, 0.6) is 0 Å². The third-order valence-corrected chi connectivity index (χ3v) is 4.69. The molecule has 0 fully saturated rings. The molecule has 1 aliphatic heterocycles. The third kappa shape index (κ3) is 1.61. The number of hydrogen-bond donors (Lipinski definition) is 0. The van der Waals surface area contributed by atoms with Crippen LogP contribution in [0.4, 0.5) is 5.13 Å². The van der Waals surface area contributed by atoms with Crippen LogP contribution < -0.4 is 9.47 Å². The van der Waals surface area contributed by atoms with Crippen molar-refractivity contribution in [3.8, 4) is 0 Å². The van der Waals surface area contributed by atoms with Crippen molar-refractivity contribution in [2.75, 3.05) is 11.4 Å². The number of fused-ring (bicyclic) bond motifs is 3. The van der Waals surface area contributed by atoms with Gasteiger partial charge in [0.25, 0.3) is 0 Å². The van der Waals surface area contributed by atoms with E-state index < -0.39 is 5.92 Å². The second-order valence-corrected chi connectivity index (χ2v) is 5.58. The zero-order valence-electron chi connectivity index (χ0n) is 10.9. The normalized spacial score (nSPS) is 19.1. The van der Waals surface area contributed by atoms with Gasteiger partial charge in [-0.3, -0.25) is 0 Å². The van der Waals surface area contributed by atoms with E-state index in [2.05, 4.69) is 0 Å². The Balaban J connectivity index is 2.31. The molecule has 5 heteroatoms. The van der Waals surface area contributed by atoms with Crippen molar-refractivity contribution in [3.63, 3.8) is 0 Å². The first-order chi connectivity index (χ1) is 9.19. The highest BCUT2D eigenvalue weighted by atomic mass is 32.1. The largest absolute Gasteiger partial charge is 0.352 e. The van der Waals surface area contributed by atoms with E-state index in [1.807, 2.05) is 38.1 Å². The SMILES string of the molecule is CCC1C(=O)N(CC)c2sc3ccccc3[n+]2C1=O. The molecule has 1 atom stereocenters. The first-order valence-electron chi connectivity index (χ1n) is 6.48. The molecular weight excluding hydrogens is 260 g/mol. The summed E-state index contributed by atoms with van der Waals surface area (Å²) < 4.78 is 2.74. The quantitative estimate of drug-likeness (QED) is 0.623. The third-order valence-electron chi connectivity index (χ3n) is 3.54. The van der Waals surface area contributed by atoms with Gasteiger partial charge >= 0.3 is 16.9 Å². The molecule has 0 spiro atoms. The van der Waals surface area contributed by atoms with E-state index in [0.29, 0.717) is 13.0 Å². The molecule has 2 aromatic rings. The van der Waals surface area contributed by atoms with Gasteiger partial charge in [-0.05, 0) is 36.8 Å². The fraction of sp³-hybridized carbons (Fsp3) is 0.357. The number of thiazole rings is 1. The molecule has 0 N–H and O–H groups in total. The molecule has 98 valence electrons. The summed E-state index contributed by atoms with van der Waals surface area (Å²) in [7, 11) is 0. The molecule has 0 saturated carbocycles. The van der Waals surface area contributed by atoms with Crippen LogP contribution in [0.15, 0.2) is 24.3 Å². The Kier molecular flexibility index (Phi) is 2.86. The first kappa shape index (κ1) is 12.3. The van der Waals surface area contributed by atoms with Crippen molar-refractivity contribution in [2.45, 2.75) is 20.3 Å². The van der Waals surface area contributed by atoms with Crippen LogP contribution in [0.25, 0.3) is 10.2 Å². The van der Waals surface area contributed by atoms with E-state index in [0.717, 1.165) is 15.3 Å². The molecule has 19 heavy (non-hydrogen) atoms. The lowest BCUT2D eigenvalue weighted by Gasteiger charge is -2.22. The van der Waals surface area contributed by atoms with Crippen LogP contribution >= 0.6 is 11.3 Å². The molecule has 0 aliphatic carbocycles. The standard InChI is InChI=1S/C14H15N2O2S/c1-3-9-12(17)15(4-2)14-16(13(9)18)10-7-5-6-8-11(10)19-14/h5-9H,3-4H2,1-2H3/q+1. The second kappa shape index (κ2) is 4.42.